The van der Waals surface area contributed by atoms with Gasteiger partial charge in [-0.15, -0.1) is 0 Å². The number of nitrogens with one attached hydrogen (secondary N) is 2. The summed E-state index contributed by atoms with van der Waals surface area (Å²) in [5, 5.41) is 2.63. The van der Waals surface area contributed by atoms with Crippen LogP contribution in [0.5, 0.6) is 5.75 Å². The van der Waals surface area contributed by atoms with E-state index in [1.807, 2.05) is 0 Å². The van der Waals surface area contributed by atoms with Crippen molar-refractivity contribution < 1.29 is 22.3 Å². The summed E-state index contributed by atoms with van der Waals surface area (Å²) in [6.07, 6.45) is 0. The zero-order valence-corrected chi connectivity index (χ0v) is 15.0. The topological polar surface area (TPSA) is 84.5 Å². The Morgan fingerprint density at radius 2 is 1.88 bits per heavy atom. The number of ether oxygens (including phenoxy) is 1. The molecule has 0 radical (unpaired) electrons. The van der Waals surface area contributed by atoms with Crippen LogP contribution >= 0.6 is 0 Å². The molecular weight excluding hydrogens is 359 g/mol. The van der Waals surface area contributed by atoms with Crippen molar-refractivity contribution in [2.75, 3.05) is 19.0 Å². The van der Waals surface area contributed by atoms with Crippen LogP contribution < -0.4 is 14.8 Å². The standard InChI is InChI=1S/C18H17FN2O4S/c1-13(22)21-16-8-5-14(6-9-16)4-3-11-20-26(23,24)18-12-15(19)7-10-17(18)25-2/h5-10,12,20H,11H2,1-2H3,(H,21,22). The number of halogens is 1. The molecule has 0 heterocycles. The van der Waals surface area contributed by atoms with Gasteiger partial charge in [0.1, 0.15) is 16.5 Å². The zero-order valence-electron chi connectivity index (χ0n) is 14.2. The maximum Gasteiger partial charge on any atom is 0.245 e. The van der Waals surface area contributed by atoms with Crippen molar-refractivity contribution in [1.29, 1.82) is 0 Å². The number of carbonyl (C=O) groups is 1. The van der Waals surface area contributed by atoms with Crippen molar-refractivity contribution >= 4 is 21.6 Å². The fourth-order valence-electron chi connectivity index (χ4n) is 2.06. The molecule has 0 saturated carbocycles. The summed E-state index contributed by atoms with van der Waals surface area (Å²) >= 11 is 0. The quantitative estimate of drug-likeness (QED) is 0.783. The molecule has 0 atom stereocenters. The lowest BCUT2D eigenvalue weighted by Crippen LogP contribution is -2.24. The third-order valence-electron chi connectivity index (χ3n) is 3.20. The molecule has 136 valence electrons. The number of anilines is 1. The van der Waals surface area contributed by atoms with Gasteiger partial charge in [0.25, 0.3) is 0 Å². The maximum absolute atomic E-state index is 13.3. The molecular formula is C18H17FN2O4S. The molecule has 0 aromatic heterocycles. The van der Waals surface area contributed by atoms with Crippen molar-refractivity contribution in [1.82, 2.24) is 4.72 Å². The summed E-state index contributed by atoms with van der Waals surface area (Å²) in [6, 6.07) is 10.0. The fourth-order valence-corrected chi connectivity index (χ4v) is 3.16. The molecule has 0 fully saturated rings. The molecule has 8 heteroatoms. The molecule has 2 N–H and O–H groups in total. The van der Waals surface area contributed by atoms with Gasteiger partial charge in [0.15, 0.2) is 0 Å². The van der Waals surface area contributed by atoms with Crippen LogP contribution in [0.1, 0.15) is 12.5 Å². The van der Waals surface area contributed by atoms with Gasteiger partial charge in [0, 0.05) is 18.2 Å². The summed E-state index contributed by atoms with van der Waals surface area (Å²) in [6.45, 7) is 1.25. The Labute approximate surface area is 151 Å². The molecule has 0 aliphatic rings. The summed E-state index contributed by atoms with van der Waals surface area (Å²) in [4.78, 5) is 10.7. The Hall–Kier alpha value is -2.89. The Kier molecular flexibility index (Phi) is 6.33. The lowest BCUT2D eigenvalue weighted by atomic mass is 10.2. The highest BCUT2D eigenvalue weighted by Gasteiger charge is 2.19. The van der Waals surface area contributed by atoms with E-state index in [4.69, 9.17) is 4.74 Å². The molecule has 0 spiro atoms. The molecule has 0 saturated heterocycles. The Bertz CT molecular complexity index is 961. The van der Waals surface area contributed by atoms with Gasteiger partial charge in [-0.1, -0.05) is 11.8 Å². The van der Waals surface area contributed by atoms with Gasteiger partial charge in [-0.05, 0) is 42.5 Å². The molecule has 2 rings (SSSR count). The molecule has 0 aliphatic carbocycles. The highest BCUT2D eigenvalue weighted by Crippen LogP contribution is 2.23. The minimum absolute atomic E-state index is 0.0421. The summed E-state index contributed by atoms with van der Waals surface area (Å²) in [5.41, 5.74) is 1.29. The van der Waals surface area contributed by atoms with E-state index in [-0.39, 0.29) is 23.1 Å². The third kappa shape index (κ3) is 5.31. The average Bonchev–Trinajstić information content (AvgIpc) is 2.59. The highest BCUT2D eigenvalue weighted by atomic mass is 32.2. The molecule has 0 aliphatic heterocycles. The van der Waals surface area contributed by atoms with Crippen molar-refractivity contribution in [3.63, 3.8) is 0 Å². The van der Waals surface area contributed by atoms with E-state index in [9.17, 15) is 17.6 Å². The molecule has 1 amide bonds. The van der Waals surface area contributed by atoms with E-state index in [1.165, 1.54) is 20.1 Å². The number of methoxy groups -OCH3 is 1. The monoisotopic (exact) mass is 376 g/mol. The van der Waals surface area contributed by atoms with Gasteiger partial charge in [-0.2, -0.15) is 4.72 Å². The fraction of sp³-hybridized carbons (Fsp3) is 0.167. The summed E-state index contributed by atoms with van der Waals surface area (Å²) in [7, 11) is -2.66. The van der Waals surface area contributed by atoms with Crippen LogP contribution in [0.2, 0.25) is 0 Å². The molecule has 2 aromatic carbocycles. The number of amides is 1. The third-order valence-corrected chi connectivity index (χ3v) is 4.63. The van der Waals surface area contributed by atoms with E-state index < -0.39 is 15.8 Å². The number of benzene rings is 2. The average molecular weight is 376 g/mol. The van der Waals surface area contributed by atoms with Crippen molar-refractivity contribution in [3.8, 4) is 17.6 Å². The van der Waals surface area contributed by atoms with Gasteiger partial charge in [-0.25, -0.2) is 12.8 Å². The lowest BCUT2D eigenvalue weighted by molar-refractivity contribution is -0.114. The predicted octanol–water partition coefficient (Wildman–Crippen LogP) is 2.12. The van der Waals surface area contributed by atoms with E-state index in [1.54, 1.807) is 24.3 Å². The van der Waals surface area contributed by atoms with Gasteiger partial charge in [0.05, 0.1) is 13.7 Å². The lowest BCUT2D eigenvalue weighted by Gasteiger charge is -2.09. The van der Waals surface area contributed by atoms with Gasteiger partial charge in [-0.3, -0.25) is 4.79 Å². The number of hydrogen-bond donors (Lipinski definition) is 2. The summed E-state index contributed by atoms with van der Waals surface area (Å²) < 4.78 is 45.1. The minimum Gasteiger partial charge on any atom is -0.495 e. The van der Waals surface area contributed by atoms with Crippen LogP contribution in [-0.2, 0) is 14.8 Å². The highest BCUT2D eigenvalue weighted by molar-refractivity contribution is 7.89. The number of sulfonamides is 1. The smallest absolute Gasteiger partial charge is 0.245 e. The summed E-state index contributed by atoms with van der Waals surface area (Å²) in [5.74, 6) is 4.66. The van der Waals surface area contributed by atoms with E-state index in [2.05, 4.69) is 21.9 Å². The largest absolute Gasteiger partial charge is 0.495 e. The zero-order chi connectivity index (χ0) is 19.2. The van der Waals surface area contributed by atoms with Crippen molar-refractivity contribution in [3.05, 3.63) is 53.8 Å². The second-order valence-corrected chi connectivity index (χ2v) is 6.92. The predicted molar refractivity (Wildman–Crippen MR) is 95.8 cm³/mol. The number of rotatable bonds is 5. The van der Waals surface area contributed by atoms with Crippen LogP contribution in [-0.4, -0.2) is 28.0 Å². The van der Waals surface area contributed by atoms with Gasteiger partial charge in [0.2, 0.25) is 15.9 Å². The van der Waals surface area contributed by atoms with Crippen LogP contribution in [0, 0.1) is 17.7 Å². The van der Waals surface area contributed by atoms with Crippen molar-refractivity contribution in [2.24, 2.45) is 0 Å². The van der Waals surface area contributed by atoms with Crippen LogP contribution in [0.4, 0.5) is 10.1 Å². The second-order valence-electron chi connectivity index (χ2n) is 5.18. The van der Waals surface area contributed by atoms with E-state index in [0.29, 0.717) is 11.3 Å². The molecule has 0 unspecified atom stereocenters. The van der Waals surface area contributed by atoms with E-state index >= 15 is 0 Å². The normalized spacial score (nSPS) is 10.6. The first-order valence-corrected chi connectivity index (χ1v) is 9.00. The van der Waals surface area contributed by atoms with E-state index in [0.717, 1.165) is 12.1 Å². The first-order valence-electron chi connectivity index (χ1n) is 7.51. The first-order chi connectivity index (χ1) is 12.3. The Morgan fingerprint density at radius 3 is 2.50 bits per heavy atom. The molecule has 0 bridgehead atoms. The van der Waals surface area contributed by atoms with Gasteiger partial charge < -0.3 is 10.1 Å². The van der Waals surface area contributed by atoms with Crippen LogP contribution in [0.3, 0.4) is 0 Å². The molecule has 6 nitrogen and oxygen atoms in total. The number of carbonyl (C=O) groups excluding carboxylic acids is 1. The number of hydrogen-bond acceptors (Lipinski definition) is 4. The van der Waals surface area contributed by atoms with Crippen LogP contribution in [0.25, 0.3) is 0 Å². The van der Waals surface area contributed by atoms with Gasteiger partial charge >= 0.3 is 0 Å². The Balaban J connectivity index is 2.05. The SMILES string of the molecule is COc1ccc(F)cc1S(=O)(=O)NCC#Cc1ccc(NC(C)=O)cc1. The Morgan fingerprint density at radius 1 is 1.19 bits per heavy atom. The molecule has 2 aromatic rings. The molecule has 26 heavy (non-hydrogen) atoms. The van der Waals surface area contributed by atoms with Crippen LogP contribution in [0.15, 0.2) is 47.4 Å². The van der Waals surface area contributed by atoms with Crippen molar-refractivity contribution in [2.45, 2.75) is 11.8 Å². The second kappa shape index (κ2) is 8.47. The maximum atomic E-state index is 13.3. The minimum atomic E-state index is -3.97. The first kappa shape index (κ1) is 19.4.